The molecular weight excluding hydrogens is 220 g/mol. The number of fused-ring (bicyclic) bond motifs is 1. The van der Waals surface area contributed by atoms with Crippen molar-refractivity contribution in [1.29, 1.82) is 0 Å². The van der Waals surface area contributed by atoms with Crippen molar-refractivity contribution in [2.24, 2.45) is 0 Å². The number of allylic oxidation sites excluding steroid dienone is 1. The van der Waals surface area contributed by atoms with Gasteiger partial charge in [0.15, 0.2) is 0 Å². The predicted molar refractivity (Wildman–Crippen MR) is 75.5 cm³/mol. The van der Waals surface area contributed by atoms with E-state index in [1.54, 1.807) is 0 Å². The van der Waals surface area contributed by atoms with E-state index in [1.165, 1.54) is 29.2 Å². The van der Waals surface area contributed by atoms with Crippen molar-refractivity contribution < 1.29 is 5.11 Å². The van der Waals surface area contributed by atoms with Gasteiger partial charge < -0.3 is 5.11 Å². The Morgan fingerprint density at radius 1 is 0.944 bits per heavy atom. The Kier molecular flexibility index (Phi) is 3.16. The van der Waals surface area contributed by atoms with E-state index in [0.29, 0.717) is 0 Å². The fraction of sp³-hybridized carbons (Fsp3) is 0.294. The summed E-state index contributed by atoms with van der Waals surface area (Å²) in [4.78, 5) is 0. The maximum Gasteiger partial charge on any atom is 0.100 e. The van der Waals surface area contributed by atoms with Crippen molar-refractivity contribution in [3.8, 4) is 0 Å². The first-order valence-corrected chi connectivity index (χ1v) is 6.70. The van der Waals surface area contributed by atoms with Crippen LogP contribution in [0.5, 0.6) is 0 Å². The molecule has 0 fully saturated rings. The molecule has 0 amide bonds. The molecule has 1 unspecified atom stereocenters. The molecule has 0 spiro atoms. The smallest absolute Gasteiger partial charge is 0.100 e. The van der Waals surface area contributed by atoms with E-state index >= 15 is 0 Å². The minimum atomic E-state index is -0.421. The molecule has 0 saturated heterocycles. The Morgan fingerprint density at radius 2 is 1.78 bits per heavy atom. The Balaban J connectivity index is 1.96. The largest absolute Gasteiger partial charge is 0.384 e. The quantitative estimate of drug-likeness (QED) is 0.770. The van der Waals surface area contributed by atoms with Crippen molar-refractivity contribution >= 4 is 10.8 Å². The lowest BCUT2D eigenvalue weighted by molar-refractivity contribution is 0.208. The van der Waals surface area contributed by atoms with Gasteiger partial charge in [-0.15, -0.1) is 0 Å². The molecule has 1 heteroatoms. The highest BCUT2D eigenvalue weighted by Crippen LogP contribution is 2.31. The molecule has 18 heavy (non-hydrogen) atoms. The molecule has 1 aliphatic carbocycles. The van der Waals surface area contributed by atoms with Gasteiger partial charge in [-0.1, -0.05) is 42.5 Å². The van der Waals surface area contributed by atoms with Crippen molar-refractivity contribution in [2.45, 2.75) is 31.8 Å². The number of hydrogen-bond acceptors (Lipinski definition) is 1. The molecule has 1 aliphatic rings. The van der Waals surface area contributed by atoms with E-state index in [2.05, 4.69) is 30.3 Å². The maximum absolute atomic E-state index is 10.4. The Hall–Kier alpha value is -1.60. The van der Waals surface area contributed by atoms with Gasteiger partial charge in [-0.25, -0.2) is 0 Å². The van der Waals surface area contributed by atoms with Gasteiger partial charge in [-0.05, 0) is 53.7 Å². The van der Waals surface area contributed by atoms with E-state index in [4.69, 9.17) is 0 Å². The zero-order chi connectivity index (χ0) is 12.4. The fourth-order valence-electron chi connectivity index (χ4n) is 2.70. The standard InChI is InChI=1S/C17H18O/c18-17(14-7-2-1-3-8-14)16-11-10-13-6-4-5-9-15(13)12-16/h4-7,9-12,17-18H,1-3,8H2. The van der Waals surface area contributed by atoms with Crippen LogP contribution in [0.2, 0.25) is 0 Å². The van der Waals surface area contributed by atoms with Gasteiger partial charge in [-0.2, -0.15) is 0 Å². The number of aliphatic hydroxyl groups is 1. The average molecular weight is 238 g/mol. The second-order valence-corrected chi connectivity index (χ2v) is 5.03. The molecule has 0 aromatic heterocycles. The Bertz CT molecular complexity index is 583. The molecule has 1 N–H and O–H groups in total. The molecule has 1 atom stereocenters. The molecule has 2 aromatic rings. The SMILES string of the molecule is OC(C1=CCCCC1)c1ccc2ccccc2c1. The van der Waals surface area contributed by atoms with E-state index in [1.807, 2.05) is 18.2 Å². The number of rotatable bonds is 2. The first-order chi connectivity index (χ1) is 8.84. The zero-order valence-corrected chi connectivity index (χ0v) is 10.5. The van der Waals surface area contributed by atoms with Gasteiger partial charge in [0.05, 0.1) is 0 Å². The third kappa shape index (κ3) is 2.19. The monoisotopic (exact) mass is 238 g/mol. The van der Waals surface area contributed by atoms with Crippen LogP contribution in [0.1, 0.15) is 37.4 Å². The van der Waals surface area contributed by atoms with Gasteiger partial charge in [0.1, 0.15) is 6.10 Å². The van der Waals surface area contributed by atoms with Crippen LogP contribution in [0.4, 0.5) is 0 Å². The van der Waals surface area contributed by atoms with Gasteiger partial charge >= 0.3 is 0 Å². The van der Waals surface area contributed by atoms with Gasteiger partial charge in [-0.3, -0.25) is 0 Å². The van der Waals surface area contributed by atoms with E-state index < -0.39 is 6.10 Å². The fourth-order valence-corrected chi connectivity index (χ4v) is 2.70. The molecule has 0 aliphatic heterocycles. The van der Waals surface area contributed by atoms with Crippen molar-refractivity contribution in [2.75, 3.05) is 0 Å². The first kappa shape index (κ1) is 11.5. The van der Waals surface area contributed by atoms with E-state index in [-0.39, 0.29) is 0 Å². The molecule has 0 saturated carbocycles. The van der Waals surface area contributed by atoms with Crippen LogP contribution in [0.25, 0.3) is 10.8 Å². The highest BCUT2D eigenvalue weighted by molar-refractivity contribution is 5.83. The lowest BCUT2D eigenvalue weighted by Crippen LogP contribution is -2.04. The normalized spacial score (nSPS) is 17.5. The summed E-state index contributed by atoms with van der Waals surface area (Å²) in [7, 11) is 0. The minimum absolute atomic E-state index is 0.421. The first-order valence-electron chi connectivity index (χ1n) is 6.70. The maximum atomic E-state index is 10.4. The van der Waals surface area contributed by atoms with Crippen molar-refractivity contribution in [3.05, 3.63) is 59.7 Å². The lowest BCUT2D eigenvalue weighted by atomic mass is 9.91. The molecule has 0 bridgehead atoms. The van der Waals surface area contributed by atoms with Gasteiger partial charge in [0, 0.05) is 0 Å². The Labute approximate surface area is 108 Å². The summed E-state index contributed by atoms with van der Waals surface area (Å²) in [5, 5.41) is 12.9. The summed E-state index contributed by atoms with van der Waals surface area (Å²) in [5.74, 6) is 0. The summed E-state index contributed by atoms with van der Waals surface area (Å²) in [6.45, 7) is 0. The van der Waals surface area contributed by atoms with Crippen LogP contribution in [-0.2, 0) is 0 Å². The molecule has 92 valence electrons. The van der Waals surface area contributed by atoms with Crippen LogP contribution in [0, 0.1) is 0 Å². The van der Waals surface area contributed by atoms with Crippen LogP contribution < -0.4 is 0 Å². The lowest BCUT2D eigenvalue weighted by Gasteiger charge is -2.19. The molecule has 0 radical (unpaired) electrons. The van der Waals surface area contributed by atoms with Crippen LogP contribution in [-0.4, -0.2) is 5.11 Å². The summed E-state index contributed by atoms with van der Waals surface area (Å²) in [5.41, 5.74) is 2.21. The molecule has 3 rings (SSSR count). The topological polar surface area (TPSA) is 20.2 Å². The van der Waals surface area contributed by atoms with Crippen LogP contribution >= 0.6 is 0 Å². The second kappa shape index (κ2) is 4.95. The molecule has 0 heterocycles. The van der Waals surface area contributed by atoms with Crippen molar-refractivity contribution in [3.63, 3.8) is 0 Å². The van der Waals surface area contributed by atoms with Crippen LogP contribution in [0.3, 0.4) is 0 Å². The molecular formula is C17H18O. The van der Waals surface area contributed by atoms with Gasteiger partial charge in [0.25, 0.3) is 0 Å². The Morgan fingerprint density at radius 3 is 2.56 bits per heavy atom. The molecule has 2 aromatic carbocycles. The number of benzene rings is 2. The van der Waals surface area contributed by atoms with Crippen molar-refractivity contribution in [1.82, 2.24) is 0 Å². The van der Waals surface area contributed by atoms with E-state index in [9.17, 15) is 5.11 Å². The van der Waals surface area contributed by atoms with Crippen LogP contribution in [0.15, 0.2) is 54.1 Å². The molecule has 1 nitrogen and oxygen atoms in total. The van der Waals surface area contributed by atoms with E-state index in [0.717, 1.165) is 18.4 Å². The number of aliphatic hydroxyl groups excluding tert-OH is 1. The third-order valence-electron chi connectivity index (χ3n) is 3.77. The summed E-state index contributed by atoms with van der Waals surface area (Å²) in [6, 6.07) is 14.5. The highest BCUT2D eigenvalue weighted by Gasteiger charge is 2.15. The average Bonchev–Trinajstić information content (AvgIpc) is 2.47. The second-order valence-electron chi connectivity index (χ2n) is 5.03. The summed E-state index contributed by atoms with van der Waals surface area (Å²) < 4.78 is 0. The zero-order valence-electron chi connectivity index (χ0n) is 10.5. The third-order valence-corrected chi connectivity index (χ3v) is 3.77. The van der Waals surface area contributed by atoms with Gasteiger partial charge in [0.2, 0.25) is 0 Å². The highest BCUT2D eigenvalue weighted by atomic mass is 16.3. The summed E-state index contributed by atoms with van der Waals surface area (Å²) in [6.07, 6.45) is 6.40. The predicted octanol–water partition coefficient (Wildman–Crippen LogP) is 4.37. The number of hydrogen-bond donors (Lipinski definition) is 1. The summed E-state index contributed by atoms with van der Waals surface area (Å²) >= 11 is 0. The minimum Gasteiger partial charge on any atom is -0.384 e.